The van der Waals surface area contributed by atoms with E-state index in [9.17, 15) is 14.4 Å². The van der Waals surface area contributed by atoms with Crippen molar-refractivity contribution >= 4 is 17.6 Å². The summed E-state index contributed by atoms with van der Waals surface area (Å²) in [6.45, 7) is 2.87. The molecule has 2 aliphatic rings. The van der Waals surface area contributed by atoms with Crippen molar-refractivity contribution in [2.24, 2.45) is 0 Å². The molecule has 2 heterocycles. The third kappa shape index (κ3) is 4.29. The van der Waals surface area contributed by atoms with E-state index in [1.54, 1.807) is 23.1 Å². The van der Waals surface area contributed by atoms with E-state index >= 15 is 0 Å². The van der Waals surface area contributed by atoms with Gasteiger partial charge in [-0.05, 0) is 38.0 Å². The molecule has 3 rings (SSSR count). The molecule has 0 aromatic heterocycles. The van der Waals surface area contributed by atoms with Gasteiger partial charge in [-0.15, -0.1) is 0 Å². The number of fused-ring (bicyclic) bond motifs is 1. The summed E-state index contributed by atoms with van der Waals surface area (Å²) < 4.78 is 10.5. The van der Waals surface area contributed by atoms with Crippen LogP contribution in [0.5, 0.6) is 11.5 Å². The minimum absolute atomic E-state index is 0.00995. The molecular weight excluding hydrogens is 324 g/mol. The highest BCUT2D eigenvalue weighted by atomic mass is 16.7. The first kappa shape index (κ1) is 17.3. The Labute approximate surface area is 146 Å². The Morgan fingerprint density at radius 2 is 1.84 bits per heavy atom. The number of nitrogens with one attached hydrogen (secondary N) is 1. The molecule has 0 aliphatic carbocycles. The average molecular weight is 346 g/mol. The average Bonchev–Trinajstić information content (AvgIpc) is 3.08. The molecule has 0 atom stereocenters. The zero-order chi connectivity index (χ0) is 17.8. The van der Waals surface area contributed by atoms with Crippen molar-refractivity contribution in [3.63, 3.8) is 0 Å². The summed E-state index contributed by atoms with van der Waals surface area (Å²) >= 11 is 0. The molecule has 1 saturated heterocycles. The topological polar surface area (TPSA) is 84.9 Å². The van der Waals surface area contributed by atoms with E-state index in [-0.39, 0.29) is 36.9 Å². The molecule has 0 bridgehead atoms. The van der Waals surface area contributed by atoms with Crippen LogP contribution < -0.4 is 14.8 Å². The zero-order valence-electron chi connectivity index (χ0n) is 14.2. The molecule has 2 aliphatic heterocycles. The minimum Gasteiger partial charge on any atom is -0.454 e. The van der Waals surface area contributed by atoms with Crippen LogP contribution in [-0.4, -0.2) is 48.4 Å². The van der Waals surface area contributed by atoms with Crippen LogP contribution in [0.1, 0.15) is 43.0 Å². The molecule has 1 fully saturated rings. The monoisotopic (exact) mass is 346 g/mol. The van der Waals surface area contributed by atoms with Crippen molar-refractivity contribution in [1.82, 2.24) is 10.2 Å². The van der Waals surface area contributed by atoms with Crippen LogP contribution in [-0.2, 0) is 9.59 Å². The number of amides is 2. The third-order valence-corrected chi connectivity index (χ3v) is 4.51. The highest BCUT2D eigenvalue weighted by Crippen LogP contribution is 2.32. The number of carbonyl (C=O) groups is 3. The summed E-state index contributed by atoms with van der Waals surface area (Å²) in [7, 11) is 0. The summed E-state index contributed by atoms with van der Waals surface area (Å²) in [5, 5.41) is 3.01. The number of Topliss-reactive ketones (excluding diaryl/α,β-unsaturated/α-hetero) is 1. The fourth-order valence-electron chi connectivity index (χ4n) is 3.02. The summed E-state index contributed by atoms with van der Waals surface area (Å²) in [4.78, 5) is 37.1. The fraction of sp³-hybridized carbons (Fsp3) is 0.500. The molecule has 0 saturated carbocycles. The first-order valence-electron chi connectivity index (χ1n) is 8.50. The number of piperidine rings is 1. The van der Waals surface area contributed by atoms with Crippen molar-refractivity contribution in [2.75, 3.05) is 19.9 Å². The van der Waals surface area contributed by atoms with Crippen molar-refractivity contribution in [2.45, 2.75) is 38.6 Å². The van der Waals surface area contributed by atoms with Gasteiger partial charge in [0.1, 0.15) is 5.78 Å². The maximum atomic E-state index is 12.4. The quantitative estimate of drug-likeness (QED) is 0.873. The number of ketones is 1. The van der Waals surface area contributed by atoms with Gasteiger partial charge in [0.15, 0.2) is 11.5 Å². The minimum atomic E-state index is -0.153. The van der Waals surface area contributed by atoms with Crippen LogP contribution >= 0.6 is 0 Å². The number of likely N-dealkylation sites (tertiary alicyclic amines) is 1. The molecule has 1 aromatic rings. The molecule has 25 heavy (non-hydrogen) atoms. The first-order chi connectivity index (χ1) is 12.0. The van der Waals surface area contributed by atoms with E-state index in [2.05, 4.69) is 5.32 Å². The van der Waals surface area contributed by atoms with Crippen LogP contribution in [0.15, 0.2) is 18.2 Å². The Bertz CT molecular complexity index is 680. The molecule has 0 radical (unpaired) electrons. The van der Waals surface area contributed by atoms with Gasteiger partial charge in [0.05, 0.1) is 0 Å². The third-order valence-electron chi connectivity index (χ3n) is 4.51. The lowest BCUT2D eigenvalue weighted by molar-refractivity contribution is -0.133. The lowest BCUT2D eigenvalue weighted by Gasteiger charge is -2.32. The molecule has 1 aromatic carbocycles. The standard InChI is InChI=1S/C18H22N2O5/c1-12(21)2-5-17(22)20-8-6-14(7-9-20)19-18(23)13-3-4-15-16(10-13)25-11-24-15/h3-4,10,14H,2,5-9,11H2,1H3,(H,19,23). The van der Waals surface area contributed by atoms with Crippen LogP contribution in [0, 0.1) is 0 Å². The number of rotatable bonds is 5. The van der Waals surface area contributed by atoms with Crippen molar-refractivity contribution in [3.05, 3.63) is 23.8 Å². The lowest BCUT2D eigenvalue weighted by atomic mass is 10.0. The van der Waals surface area contributed by atoms with Gasteiger partial charge in [-0.25, -0.2) is 0 Å². The van der Waals surface area contributed by atoms with Gasteiger partial charge >= 0.3 is 0 Å². The number of carbonyl (C=O) groups excluding carboxylic acids is 3. The van der Waals surface area contributed by atoms with Gasteiger partial charge < -0.3 is 24.5 Å². The highest BCUT2D eigenvalue weighted by molar-refractivity contribution is 5.95. The number of hydrogen-bond acceptors (Lipinski definition) is 5. The van der Waals surface area contributed by atoms with E-state index in [1.807, 2.05) is 0 Å². The molecule has 0 unspecified atom stereocenters. The van der Waals surface area contributed by atoms with Gasteiger partial charge in [-0.2, -0.15) is 0 Å². The van der Waals surface area contributed by atoms with Gasteiger partial charge in [0.2, 0.25) is 12.7 Å². The van der Waals surface area contributed by atoms with Crippen molar-refractivity contribution < 1.29 is 23.9 Å². The Balaban J connectivity index is 1.48. The number of nitrogens with zero attached hydrogens (tertiary/aromatic N) is 1. The molecule has 2 amide bonds. The van der Waals surface area contributed by atoms with E-state index in [1.165, 1.54) is 6.92 Å². The molecule has 7 nitrogen and oxygen atoms in total. The predicted octanol–water partition coefficient (Wildman–Crippen LogP) is 1.51. The fourth-order valence-corrected chi connectivity index (χ4v) is 3.02. The number of hydrogen-bond donors (Lipinski definition) is 1. The number of benzene rings is 1. The predicted molar refractivity (Wildman–Crippen MR) is 89.5 cm³/mol. The molecule has 0 spiro atoms. The second-order valence-electron chi connectivity index (χ2n) is 6.40. The van der Waals surface area contributed by atoms with Gasteiger partial charge in [-0.1, -0.05) is 0 Å². The summed E-state index contributed by atoms with van der Waals surface area (Å²) in [6.07, 6.45) is 1.98. The first-order valence-corrected chi connectivity index (χ1v) is 8.50. The molecule has 7 heteroatoms. The smallest absolute Gasteiger partial charge is 0.251 e. The summed E-state index contributed by atoms with van der Waals surface area (Å²) in [5.74, 6) is 1.11. The Morgan fingerprint density at radius 1 is 1.12 bits per heavy atom. The molecule has 1 N–H and O–H groups in total. The van der Waals surface area contributed by atoms with Gasteiger partial charge in [0, 0.05) is 37.5 Å². The van der Waals surface area contributed by atoms with E-state index in [4.69, 9.17) is 9.47 Å². The van der Waals surface area contributed by atoms with Crippen molar-refractivity contribution in [1.29, 1.82) is 0 Å². The maximum Gasteiger partial charge on any atom is 0.251 e. The largest absolute Gasteiger partial charge is 0.454 e. The van der Waals surface area contributed by atoms with Crippen LogP contribution in [0.3, 0.4) is 0 Å². The second-order valence-corrected chi connectivity index (χ2v) is 6.40. The molecule has 134 valence electrons. The van der Waals surface area contributed by atoms with E-state index in [0.29, 0.717) is 49.4 Å². The van der Waals surface area contributed by atoms with Crippen LogP contribution in [0.25, 0.3) is 0 Å². The number of ether oxygens (including phenoxy) is 2. The molecular formula is C18H22N2O5. The summed E-state index contributed by atoms with van der Waals surface area (Å²) in [5.41, 5.74) is 0.532. The Hall–Kier alpha value is -2.57. The Kier molecular flexibility index (Phi) is 5.21. The SMILES string of the molecule is CC(=O)CCC(=O)N1CCC(NC(=O)c2ccc3c(c2)OCO3)CC1. The lowest BCUT2D eigenvalue weighted by Crippen LogP contribution is -2.46. The van der Waals surface area contributed by atoms with Gasteiger partial charge in [-0.3, -0.25) is 9.59 Å². The van der Waals surface area contributed by atoms with Crippen LogP contribution in [0.4, 0.5) is 0 Å². The highest BCUT2D eigenvalue weighted by Gasteiger charge is 2.24. The van der Waals surface area contributed by atoms with Gasteiger partial charge in [0.25, 0.3) is 5.91 Å². The van der Waals surface area contributed by atoms with E-state index < -0.39 is 0 Å². The van der Waals surface area contributed by atoms with Crippen molar-refractivity contribution in [3.8, 4) is 11.5 Å². The Morgan fingerprint density at radius 3 is 2.56 bits per heavy atom. The van der Waals surface area contributed by atoms with E-state index in [0.717, 1.165) is 0 Å². The zero-order valence-corrected chi connectivity index (χ0v) is 14.2. The second kappa shape index (κ2) is 7.55. The van der Waals surface area contributed by atoms with Crippen LogP contribution in [0.2, 0.25) is 0 Å². The maximum absolute atomic E-state index is 12.4. The normalized spacial score (nSPS) is 16.6. The summed E-state index contributed by atoms with van der Waals surface area (Å²) in [6, 6.07) is 5.16.